The Hall–Kier alpha value is -5.99. The fourth-order valence-electron chi connectivity index (χ4n) is 7.14. The molecule has 0 bridgehead atoms. The first-order chi connectivity index (χ1) is 22.4. The van der Waals surface area contributed by atoms with Gasteiger partial charge in [-0.1, -0.05) is 133 Å². The van der Waals surface area contributed by atoms with E-state index in [2.05, 4.69) is 175 Å². The Bertz CT molecular complexity index is 2450. The first-order valence-electron chi connectivity index (χ1n) is 15.4. The van der Waals surface area contributed by atoms with E-state index < -0.39 is 0 Å². The number of hydrogen-bond donors (Lipinski definition) is 0. The van der Waals surface area contributed by atoms with Crippen LogP contribution < -0.4 is 0 Å². The predicted octanol–water partition coefficient (Wildman–Crippen LogP) is 11.5. The van der Waals surface area contributed by atoms with Crippen molar-refractivity contribution in [3.63, 3.8) is 0 Å². The third-order valence-electron chi connectivity index (χ3n) is 9.03. The van der Waals surface area contributed by atoms with Gasteiger partial charge in [-0.15, -0.1) is 0 Å². The van der Waals surface area contributed by atoms with Crippen LogP contribution in [0.5, 0.6) is 0 Å². The van der Waals surface area contributed by atoms with Crippen molar-refractivity contribution in [2.75, 3.05) is 0 Å². The van der Waals surface area contributed by atoms with Gasteiger partial charge in [0.1, 0.15) is 0 Å². The number of aromatic nitrogens is 2. The van der Waals surface area contributed by atoms with Gasteiger partial charge in [0.2, 0.25) is 0 Å². The molecule has 2 heteroatoms. The molecule has 0 unspecified atom stereocenters. The van der Waals surface area contributed by atoms with Crippen LogP contribution >= 0.6 is 0 Å². The standard InChI is InChI=1S/C43H28N2/c1-3-14-29(15-4-1)41-32-18-7-9-20-34(32)42(35-21-10-8-19-33(35)41)30-26-27-38(44-28-30)36-23-13-25-40-43(36)37-22-11-12-24-39(37)45(40)31-16-5-2-6-17-31/h1-28H. The molecule has 0 radical (unpaired) electrons. The SMILES string of the molecule is c1ccc(-c2c3ccccc3c(-c3ccc(-c4cccc5c4c4ccccc4n5-c4ccccc4)nc3)c3ccccc23)cc1. The highest BCUT2D eigenvalue weighted by atomic mass is 15.0. The Kier molecular flexibility index (Phi) is 5.85. The van der Waals surface area contributed by atoms with Crippen LogP contribution in [0.3, 0.4) is 0 Å². The van der Waals surface area contributed by atoms with Crippen molar-refractivity contribution in [3.8, 4) is 39.2 Å². The first kappa shape index (κ1) is 25.5. The Balaban J connectivity index is 1.26. The molecule has 0 spiro atoms. The van der Waals surface area contributed by atoms with E-state index in [9.17, 15) is 0 Å². The molecule has 7 aromatic carbocycles. The minimum atomic E-state index is 0.967. The highest BCUT2D eigenvalue weighted by Crippen LogP contribution is 2.44. The fourth-order valence-corrected chi connectivity index (χ4v) is 7.14. The van der Waals surface area contributed by atoms with E-state index >= 15 is 0 Å². The smallest absolute Gasteiger partial charge is 0.0709 e. The lowest BCUT2D eigenvalue weighted by atomic mass is 9.86. The average Bonchev–Trinajstić information content (AvgIpc) is 3.46. The van der Waals surface area contributed by atoms with Gasteiger partial charge < -0.3 is 4.57 Å². The van der Waals surface area contributed by atoms with Gasteiger partial charge in [-0.25, -0.2) is 0 Å². The minimum absolute atomic E-state index is 0.967. The third-order valence-corrected chi connectivity index (χ3v) is 9.03. The van der Waals surface area contributed by atoms with Crippen molar-refractivity contribution in [1.82, 2.24) is 9.55 Å². The van der Waals surface area contributed by atoms with E-state index in [1.807, 2.05) is 0 Å². The largest absolute Gasteiger partial charge is 0.309 e. The van der Waals surface area contributed by atoms with Crippen LogP contribution in [-0.2, 0) is 0 Å². The monoisotopic (exact) mass is 572 g/mol. The number of fused-ring (bicyclic) bond motifs is 5. The van der Waals surface area contributed by atoms with E-state index in [0.717, 1.165) is 22.5 Å². The molecule has 0 aliphatic carbocycles. The van der Waals surface area contributed by atoms with Crippen LogP contribution in [0.15, 0.2) is 170 Å². The third kappa shape index (κ3) is 4.00. The number of hydrogen-bond acceptors (Lipinski definition) is 1. The lowest BCUT2D eigenvalue weighted by Crippen LogP contribution is -1.93. The summed E-state index contributed by atoms with van der Waals surface area (Å²) in [5.74, 6) is 0. The Morgan fingerprint density at radius 3 is 1.53 bits per heavy atom. The van der Waals surface area contributed by atoms with E-state index in [0.29, 0.717) is 0 Å². The summed E-state index contributed by atoms with van der Waals surface area (Å²) < 4.78 is 2.36. The molecule has 0 aliphatic heterocycles. The molecule has 0 saturated carbocycles. The van der Waals surface area contributed by atoms with Crippen molar-refractivity contribution in [2.45, 2.75) is 0 Å². The molecule has 2 aromatic heterocycles. The van der Waals surface area contributed by atoms with Gasteiger partial charge in [0.15, 0.2) is 0 Å². The highest BCUT2D eigenvalue weighted by Gasteiger charge is 2.19. The van der Waals surface area contributed by atoms with Gasteiger partial charge in [-0.2, -0.15) is 0 Å². The second kappa shape index (κ2) is 10.3. The quantitative estimate of drug-likeness (QED) is 0.192. The summed E-state index contributed by atoms with van der Waals surface area (Å²) in [7, 11) is 0. The number of pyridine rings is 1. The second-order valence-electron chi connectivity index (χ2n) is 11.5. The van der Waals surface area contributed by atoms with Crippen molar-refractivity contribution < 1.29 is 0 Å². The molecular formula is C43H28N2. The van der Waals surface area contributed by atoms with E-state index in [1.165, 1.54) is 60.0 Å². The van der Waals surface area contributed by atoms with Crippen molar-refractivity contribution in [3.05, 3.63) is 170 Å². The summed E-state index contributed by atoms with van der Waals surface area (Å²) in [5, 5.41) is 7.42. The molecule has 9 rings (SSSR count). The van der Waals surface area contributed by atoms with Crippen LogP contribution in [0.4, 0.5) is 0 Å². The Labute approximate surface area is 261 Å². The maximum Gasteiger partial charge on any atom is 0.0709 e. The minimum Gasteiger partial charge on any atom is -0.309 e. The lowest BCUT2D eigenvalue weighted by Gasteiger charge is -2.17. The van der Waals surface area contributed by atoms with Crippen molar-refractivity contribution in [1.29, 1.82) is 0 Å². The molecule has 0 N–H and O–H groups in total. The van der Waals surface area contributed by atoms with Gasteiger partial charge in [-0.05, 0) is 68.6 Å². The normalized spacial score (nSPS) is 11.6. The number of benzene rings is 7. The van der Waals surface area contributed by atoms with Crippen LogP contribution in [0.25, 0.3) is 82.5 Å². The van der Waals surface area contributed by atoms with E-state index in [1.54, 1.807) is 0 Å². The van der Waals surface area contributed by atoms with Crippen LogP contribution in [0, 0.1) is 0 Å². The van der Waals surface area contributed by atoms with Gasteiger partial charge in [0.25, 0.3) is 0 Å². The first-order valence-corrected chi connectivity index (χ1v) is 15.4. The number of rotatable bonds is 4. The molecular weight excluding hydrogens is 544 g/mol. The lowest BCUT2D eigenvalue weighted by molar-refractivity contribution is 1.18. The second-order valence-corrected chi connectivity index (χ2v) is 11.5. The molecule has 0 amide bonds. The zero-order valence-corrected chi connectivity index (χ0v) is 24.6. The highest BCUT2D eigenvalue weighted by molar-refractivity contribution is 6.21. The maximum absolute atomic E-state index is 5.15. The Morgan fingerprint density at radius 1 is 0.378 bits per heavy atom. The van der Waals surface area contributed by atoms with Crippen molar-refractivity contribution in [2.24, 2.45) is 0 Å². The summed E-state index contributed by atoms with van der Waals surface area (Å²) in [6, 6.07) is 58.5. The molecule has 45 heavy (non-hydrogen) atoms. The maximum atomic E-state index is 5.15. The molecule has 9 aromatic rings. The molecule has 2 nitrogen and oxygen atoms in total. The molecule has 0 saturated heterocycles. The van der Waals surface area contributed by atoms with E-state index in [-0.39, 0.29) is 0 Å². The zero-order valence-electron chi connectivity index (χ0n) is 24.6. The summed E-state index contributed by atoms with van der Waals surface area (Å²) in [6.07, 6.45) is 2.06. The van der Waals surface area contributed by atoms with Crippen molar-refractivity contribution >= 4 is 43.4 Å². The molecule has 0 fully saturated rings. The van der Waals surface area contributed by atoms with Crippen LogP contribution in [0.1, 0.15) is 0 Å². The predicted molar refractivity (Wildman–Crippen MR) is 190 cm³/mol. The number of para-hydroxylation sites is 2. The topological polar surface area (TPSA) is 17.8 Å². The van der Waals surface area contributed by atoms with Crippen LogP contribution in [-0.4, -0.2) is 9.55 Å². The average molecular weight is 573 g/mol. The molecule has 0 atom stereocenters. The molecule has 0 aliphatic rings. The summed E-state index contributed by atoms with van der Waals surface area (Å²) >= 11 is 0. The van der Waals surface area contributed by atoms with Gasteiger partial charge in [0, 0.05) is 33.8 Å². The fraction of sp³-hybridized carbons (Fsp3) is 0. The van der Waals surface area contributed by atoms with E-state index in [4.69, 9.17) is 4.98 Å². The van der Waals surface area contributed by atoms with Crippen LogP contribution in [0.2, 0.25) is 0 Å². The molecule has 210 valence electrons. The Morgan fingerprint density at radius 2 is 0.911 bits per heavy atom. The summed E-state index contributed by atoms with van der Waals surface area (Å²) in [4.78, 5) is 5.15. The zero-order chi connectivity index (χ0) is 29.7. The number of nitrogens with zero attached hydrogens (tertiary/aromatic N) is 2. The molecule has 2 heterocycles. The summed E-state index contributed by atoms with van der Waals surface area (Å²) in [5.41, 5.74) is 10.5. The van der Waals surface area contributed by atoms with Gasteiger partial charge >= 0.3 is 0 Å². The summed E-state index contributed by atoms with van der Waals surface area (Å²) in [6.45, 7) is 0. The van der Waals surface area contributed by atoms with Gasteiger partial charge in [-0.3, -0.25) is 4.98 Å². The van der Waals surface area contributed by atoms with Gasteiger partial charge in [0.05, 0.1) is 16.7 Å².